The lowest BCUT2D eigenvalue weighted by atomic mass is 9.63. The van der Waals surface area contributed by atoms with Crippen molar-refractivity contribution < 1.29 is 23.9 Å². The molecule has 0 aromatic heterocycles. The van der Waals surface area contributed by atoms with Gasteiger partial charge < -0.3 is 19.7 Å². The second-order valence-electron chi connectivity index (χ2n) is 10.7. The van der Waals surface area contributed by atoms with Crippen LogP contribution < -0.4 is 5.32 Å². The third kappa shape index (κ3) is 5.11. The highest BCUT2D eigenvalue weighted by atomic mass is 16.6. The molecule has 4 rings (SSSR count). The van der Waals surface area contributed by atoms with E-state index in [2.05, 4.69) is 5.32 Å². The van der Waals surface area contributed by atoms with Crippen molar-refractivity contribution in [1.29, 1.82) is 0 Å². The van der Waals surface area contributed by atoms with Crippen LogP contribution in [-0.2, 0) is 24.5 Å². The van der Waals surface area contributed by atoms with Crippen molar-refractivity contribution in [2.45, 2.75) is 69.4 Å². The lowest BCUT2D eigenvalue weighted by Crippen LogP contribution is -2.50. The summed E-state index contributed by atoms with van der Waals surface area (Å²) in [7, 11) is 1.42. The summed E-state index contributed by atoms with van der Waals surface area (Å²) in [6, 6.07) is 17.4. The van der Waals surface area contributed by atoms with Gasteiger partial charge in [0, 0.05) is 19.1 Å². The van der Waals surface area contributed by atoms with Crippen molar-refractivity contribution in [3.8, 4) is 0 Å². The fourth-order valence-corrected chi connectivity index (χ4v) is 5.56. The molecule has 1 unspecified atom stereocenters. The number of fused-ring (bicyclic) bond motifs is 1. The molecule has 0 radical (unpaired) electrons. The maximum absolute atomic E-state index is 13.7. The average molecular weight is 493 g/mol. The Labute approximate surface area is 213 Å². The largest absolute Gasteiger partial charge is 0.468 e. The summed E-state index contributed by atoms with van der Waals surface area (Å²) in [5, 5.41) is 2.93. The van der Waals surface area contributed by atoms with E-state index in [1.165, 1.54) is 7.11 Å². The van der Waals surface area contributed by atoms with Crippen molar-refractivity contribution in [3.63, 3.8) is 0 Å². The van der Waals surface area contributed by atoms with Crippen LogP contribution in [-0.4, -0.2) is 54.7 Å². The number of likely N-dealkylation sites (tertiary alicyclic amines) is 1. The molecule has 1 aliphatic heterocycles. The molecule has 7 nitrogen and oxygen atoms in total. The van der Waals surface area contributed by atoms with E-state index in [9.17, 15) is 14.4 Å². The van der Waals surface area contributed by atoms with Gasteiger partial charge in [-0.2, -0.15) is 0 Å². The fraction of sp³-hybridized carbons (Fsp3) is 0.483. The monoisotopic (exact) mass is 492 g/mol. The summed E-state index contributed by atoms with van der Waals surface area (Å²) >= 11 is 0. The summed E-state index contributed by atoms with van der Waals surface area (Å²) in [5.41, 5.74) is 1.12. The molecular formula is C29H36N2O5. The van der Waals surface area contributed by atoms with Gasteiger partial charge in [-0.1, -0.05) is 54.6 Å². The van der Waals surface area contributed by atoms with E-state index < -0.39 is 17.1 Å². The van der Waals surface area contributed by atoms with E-state index in [-0.39, 0.29) is 23.8 Å². The second kappa shape index (κ2) is 10.3. The van der Waals surface area contributed by atoms with Gasteiger partial charge in [-0.25, -0.2) is 4.79 Å². The fourth-order valence-electron chi connectivity index (χ4n) is 5.56. The third-order valence-corrected chi connectivity index (χ3v) is 7.23. The van der Waals surface area contributed by atoms with Gasteiger partial charge >= 0.3 is 12.1 Å². The number of carbonyl (C=O) groups is 3. The van der Waals surface area contributed by atoms with Crippen LogP contribution in [0.1, 0.15) is 69.1 Å². The Kier molecular flexibility index (Phi) is 7.38. The number of rotatable bonds is 4. The minimum Gasteiger partial charge on any atom is -0.468 e. The molecule has 1 aliphatic carbocycles. The van der Waals surface area contributed by atoms with Gasteiger partial charge in [-0.05, 0) is 63.1 Å². The number of methoxy groups -OCH3 is 1. The number of carbonyl (C=O) groups excluding carboxylic acids is 3. The van der Waals surface area contributed by atoms with Crippen molar-refractivity contribution in [2.75, 3.05) is 20.2 Å². The number of hydrogen-bond acceptors (Lipinski definition) is 5. The van der Waals surface area contributed by atoms with Crippen molar-refractivity contribution in [1.82, 2.24) is 10.2 Å². The highest BCUT2D eigenvalue weighted by Gasteiger charge is 2.49. The molecule has 2 amide bonds. The molecule has 2 aliphatic rings. The quantitative estimate of drug-likeness (QED) is 0.634. The van der Waals surface area contributed by atoms with E-state index in [1.807, 2.05) is 80.3 Å². The molecule has 2 atom stereocenters. The number of amides is 2. The highest BCUT2D eigenvalue weighted by molar-refractivity contribution is 5.92. The maximum Gasteiger partial charge on any atom is 0.407 e. The van der Waals surface area contributed by atoms with Gasteiger partial charge in [0.2, 0.25) is 5.91 Å². The molecule has 36 heavy (non-hydrogen) atoms. The first-order chi connectivity index (χ1) is 17.2. The Morgan fingerprint density at radius 2 is 1.58 bits per heavy atom. The number of benzene rings is 2. The SMILES string of the molecule is COC(=O)C1(c2ccccc2)CC[C@@H](C(=O)N2CCC(NC(=O)OC(C)(C)C)CC2)c2ccccc21. The Morgan fingerprint density at radius 1 is 0.944 bits per heavy atom. The average Bonchev–Trinajstić information content (AvgIpc) is 2.87. The molecule has 1 heterocycles. The molecule has 2 aromatic rings. The standard InChI is InChI=1S/C29H36N2O5/c1-28(2,3)36-27(34)30-21-15-18-31(19-16-21)25(32)23-14-17-29(26(33)35-4,20-10-6-5-7-11-20)24-13-9-8-12-22(23)24/h5-13,21,23H,14-19H2,1-4H3,(H,30,34)/t23-,29?/m1/s1. The molecule has 0 saturated carbocycles. The molecular weight excluding hydrogens is 456 g/mol. The number of alkyl carbamates (subject to hydrolysis) is 1. The van der Waals surface area contributed by atoms with E-state index in [0.29, 0.717) is 38.8 Å². The lowest BCUT2D eigenvalue weighted by molar-refractivity contribution is -0.147. The van der Waals surface area contributed by atoms with Crippen LogP contribution in [0.2, 0.25) is 0 Å². The van der Waals surface area contributed by atoms with Crippen molar-refractivity contribution >= 4 is 18.0 Å². The Morgan fingerprint density at radius 3 is 2.22 bits per heavy atom. The Balaban J connectivity index is 1.52. The molecule has 2 aromatic carbocycles. The minimum atomic E-state index is -0.937. The van der Waals surface area contributed by atoms with Crippen molar-refractivity contribution in [3.05, 3.63) is 71.3 Å². The van der Waals surface area contributed by atoms with Crippen LogP contribution >= 0.6 is 0 Å². The van der Waals surface area contributed by atoms with E-state index in [1.54, 1.807) is 0 Å². The van der Waals surface area contributed by atoms with Crippen LogP contribution in [0, 0.1) is 0 Å². The summed E-state index contributed by atoms with van der Waals surface area (Å²) in [6.45, 7) is 6.64. The number of nitrogens with one attached hydrogen (secondary N) is 1. The molecule has 0 spiro atoms. The second-order valence-corrected chi connectivity index (χ2v) is 10.7. The van der Waals surface area contributed by atoms with Crippen LogP contribution in [0.15, 0.2) is 54.6 Å². The minimum absolute atomic E-state index is 0.0207. The zero-order valence-corrected chi connectivity index (χ0v) is 21.6. The van der Waals surface area contributed by atoms with Gasteiger partial charge in [-0.15, -0.1) is 0 Å². The first kappa shape index (κ1) is 25.7. The lowest BCUT2D eigenvalue weighted by Gasteiger charge is -2.42. The molecule has 192 valence electrons. The van der Waals surface area contributed by atoms with Gasteiger partial charge in [0.25, 0.3) is 0 Å². The van der Waals surface area contributed by atoms with Crippen LogP contribution in [0.4, 0.5) is 4.79 Å². The maximum atomic E-state index is 13.7. The number of hydrogen-bond donors (Lipinski definition) is 1. The smallest absolute Gasteiger partial charge is 0.407 e. The predicted octanol–water partition coefficient (Wildman–Crippen LogP) is 4.54. The van der Waals surface area contributed by atoms with Crippen LogP contribution in [0.25, 0.3) is 0 Å². The van der Waals surface area contributed by atoms with Gasteiger partial charge in [0.15, 0.2) is 0 Å². The third-order valence-electron chi connectivity index (χ3n) is 7.23. The number of esters is 1. The molecule has 0 bridgehead atoms. The van der Waals surface area contributed by atoms with Gasteiger partial charge in [-0.3, -0.25) is 9.59 Å². The van der Waals surface area contributed by atoms with Crippen LogP contribution in [0.5, 0.6) is 0 Å². The first-order valence-corrected chi connectivity index (χ1v) is 12.7. The zero-order chi connectivity index (χ0) is 25.9. The zero-order valence-electron chi connectivity index (χ0n) is 21.6. The van der Waals surface area contributed by atoms with E-state index in [0.717, 1.165) is 16.7 Å². The molecule has 7 heteroatoms. The Hall–Kier alpha value is -3.35. The summed E-state index contributed by atoms with van der Waals surface area (Å²) < 4.78 is 10.7. The van der Waals surface area contributed by atoms with Gasteiger partial charge in [0.05, 0.1) is 13.0 Å². The topological polar surface area (TPSA) is 84.9 Å². The summed E-state index contributed by atoms with van der Waals surface area (Å²) in [5.74, 6) is -0.552. The number of piperidine rings is 1. The first-order valence-electron chi connectivity index (χ1n) is 12.7. The van der Waals surface area contributed by atoms with E-state index in [4.69, 9.17) is 9.47 Å². The van der Waals surface area contributed by atoms with Gasteiger partial charge in [0.1, 0.15) is 11.0 Å². The normalized spacial score (nSPS) is 22.3. The van der Waals surface area contributed by atoms with Crippen molar-refractivity contribution in [2.24, 2.45) is 0 Å². The summed E-state index contributed by atoms with van der Waals surface area (Å²) in [4.78, 5) is 41.0. The predicted molar refractivity (Wildman–Crippen MR) is 137 cm³/mol. The number of ether oxygens (including phenoxy) is 2. The summed E-state index contributed by atoms with van der Waals surface area (Å²) in [6.07, 6.45) is 1.97. The highest BCUT2D eigenvalue weighted by Crippen LogP contribution is 2.48. The molecule has 1 fully saturated rings. The van der Waals surface area contributed by atoms with Crippen LogP contribution in [0.3, 0.4) is 0 Å². The molecule has 1 saturated heterocycles. The number of nitrogens with zero attached hydrogens (tertiary/aromatic N) is 1. The molecule has 1 N–H and O–H groups in total. The van der Waals surface area contributed by atoms with E-state index >= 15 is 0 Å². The Bertz CT molecular complexity index is 1100.